The first kappa shape index (κ1) is 38.4. The number of benzene rings is 1. The van der Waals surface area contributed by atoms with Crippen molar-refractivity contribution >= 4 is 5.69 Å². The van der Waals surface area contributed by atoms with Crippen LogP contribution in [0.5, 0.6) is 5.75 Å². The first-order valence-corrected chi connectivity index (χ1v) is 14.6. The van der Waals surface area contributed by atoms with E-state index in [1.165, 1.54) is 0 Å². The zero-order valence-electron chi connectivity index (χ0n) is 25.3. The average Bonchev–Trinajstić information content (AvgIpc) is 3.00. The van der Waals surface area contributed by atoms with E-state index in [0.717, 1.165) is 5.75 Å². The maximum absolute atomic E-state index is 5.64. The molecule has 0 heterocycles. The van der Waals surface area contributed by atoms with Crippen LogP contribution in [0.15, 0.2) is 24.3 Å². The molecule has 0 unspecified atom stereocenters. The maximum Gasteiger partial charge on any atom is 0.119 e. The highest BCUT2D eigenvalue weighted by Gasteiger charge is 1.97. The molecule has 1 rings (SSSR count). The second-order valence-corrected chi connectivity index (χ2v) is 8.53. The summed E-state index contributed by atoms with van der Waals surface area (Å²) >= 11 is 0. The first-order chi connectivity index (χ1) is 20.8. The molecular formula is C29H53NO12. The maximum atomic E-state index is 5.64. The Kier molecular flexibility index (Phi) is 29.5. The fraction of sp³-hybridized carbons (Fsp3) is 0.793. The molecule has 0 aliphatic carbocycles. The van der Waals surface area contributed by atoms with Gasteiger partial charge in [0.15, 0.2) is 0 Å². The summed E-state index contributed by atoms with van der Waals surface area (Å²) in [6.45, 7) is 11.5. The van der Waals surface area contributed by atoms with Crippen molar-refractivity contribution < 1.29 is 56.8 Å². The Labute approximate surface area is 251 Å². The van der Waals surface area contributed by atoms with Gasteiger partial charge in [0.25, 0.3) is 0 Å². The quantitative estimate of drug-likeness (QED) is 0.0895. The van der Waals surface area contributed by atoms with Crippen LogP contribution < -0.4 is 10.5 Å². The van der Waals surface area contributed by atoms with E-state index < -0.39 is 0 Å². The molecule has 0 atom stereocenters. The topological polar surface area (TPSA) is 137 Å². The lowest BCUT2D eigenvalue weighted by Crippen LogP contribution is -2.15. The van der Waals surface area contributed by atoms with Crippen LogP contribution in [0.25, 0.3) is 0 Å². The van der Waals surface area contributed by atoms with Crippen LogP contribution in [-0.2, 0) is 52.1 Å². The molecule has 42 heavy (non-hydrogen) atoms. The van der Waals surface area contributed by atoms with Gasteiger partial charge in [0.05, 0.1) is 139 Å². The smallest absolute Gasteiger partial charge is 0.119 e. The third kappa shape index (κ3) is 28.5. The van der Waals surface area contributed by atoms with E-state index in [1.807, 2.05) is 12.1 Å². The number of hydrogen-bond acceptors (Lipinski definition) is 13. The van der Waals surface area contributed by atoms with Crippen LogP contribution in [0, 0.1) is 0 Å². The van der Waals surface area contributed by atoms with Gasteiger partial charge in [0, 0.05) is 12.8 Å². The minimum Gasteiger partial charge on any atom is -0.491 e. The molecule has 0 fully saturated rings. The Morgan fingerprint density at radius 3 is 0.857 bits per heavy atom. The van der Waals surface area contributed by atoms with Crippen LogP contribution in [0.4, 0.5) is 5.69 Å². The number of methoxy groups -OCH3 is 1. The largest absolute Gasteiger partial charge is 0.491 e. The van der Waals surface area contributed by atoms with Gasteiger partial charge in [-0.3, -0.25) is 0 Å². The summed E-state index contributed by atoms with van der Waals surface area (Å²) in [4.78, 5) is 0. The number of anilines is 1. The highest BCUT2D eigenvalue weighted by molar-refractivity contribution is 5.41. The Morgan fingerprint density at radius 1 is 0.357 bits per heavy atom. The highest BCUT2D eigenvalue weighted by atomic mass is 16.6. The van der Waals surface area contributed by atoms with Gasteiger partial charge in [0.1, 0.15) is 12.4 Å². The van der Waals surface area contributed by atoms with Gasteiger partial charge in [-0.1, -0.05) is 0 Å². The van der Waals surface area contributed by atoms with Crippen molar-refractivity contribution in [2.24, 2.45) is 0 Å². The fourth-order valence-electron chi connectivity index (χ4n) is 3.01. The second-order valence-electron chi connectivity index (χ2n) is 8.53. The van der Waals surface area contributed by atoms with Crippen molar-refractivity contribution in [1.82, 2.24) is 0 Å². The summed E-state index contributed by atoms with van der Waals surface area (Å²) in [5.74, 6) is 0.773. The fourth-order valence-corrected chi connectivity index (χ4v) is 3.01. The van der Waals surface area contributed by atoms with Crippen LogP contribution in [0.1, 0.15) is 0 Å². The van der Waals surface area contributed by atoms with Crippen molar-refractivity contribution in [2.75, 3.05) is 158 Å². The lowest BCUT2D eigenvalue weighted by Gasteiger charge is -2.09. The molecule has 2 N–H and O–H groups in total. The van der Waals surface area contributed by atoms with Gasteiger partial charge in [0.2, 0.25) is 0 Å². The zero-order chi connectivity index (χ0) is 30.0. The minimum absolute atomic E-state index is 0.477. The van der Waals surface area contributed by atoms with E-state index in [1.54, 1.807) is 19.2 Å². The number of rotatable bonds is 34. The normalized spacial score (nSPS) is 11.4. The predicted molar refractivity (Wildman–Crippen MR) is 156 cm³/mol. The van der Waals surface area contributed by atoms with Gasteiger partial charge in [-0.25, -0.2) is 0 Å². The molecular weight excluding hydrogens is 554 g/mol. The molecule has 1 aromatic rings. The molecule has 0 saturated carbocycles. The molecule has 0 aliphatic rings. The Hall–Kier alpha value is -1.62. The second kappa shape index (κ2) is 32.3. The van der Waals surface area contributed by atoms with E-state index >= 15 is 0 Å². The Balaban J connectivity index is 1.63. The molecule has 0 aromatic heterocycles. The van der Waals surface area contributed by atoms with Crippen LogP contribution in [0.2, 0.25) is 0 Å². The molecule has 0 saturated heterocycles. The molecule has 13 nitrogen and oxygen atoms in total. The number of hydrogen-bond donors (Lipinski definition) is 1. The van der Waals surface area contributed by atoms with Gasteiger partial charge >= 0.3 is 0 Å². The van der Waals surface area contributed by atoms with Crippen molar-refractivity contribution in [2.45, 2.75) is 0 Å². The summed E-state index contributed by atoms with van der Waals surface area (Å²) in [6, 6.07) is 7.26. The summed E-state index contributed by atoms with van der Waals surface area (Å²) in [7, 11) is 1.65. The number of ether oxygens (including phenoxy) is 12. The SMILES string of the molecule is COCCOCCOCCOCCOCCOCCOCCOCCOCCOCCOCCOc1ccc(N)cc1. The van der Waals surface area contributed by atoms with Crippen LogP contribution in [0.3, 0.4) is 0 Å². The van der Waals surface area contributed by atoms with Gasteiger partial charge in [-0.15, -0.1) is 0 Å². The first-order valence-electron chi connectivity index (χ1n) is 14.6. The van der Waals surface area contributed by atoms with Crippen molar-refractivity contribution in [1.29, 1.82) is 0 Å². The average molecular weight is 608 g/mol. The van der Waals surface area contributed by atoms with Gasteiger partial charge < -0.3 is 62.6 Å². The van der Waals surface area contributed by atoms with E-state index in [0.29, 0.717) is 151 Å². The third-order valence-electron chi connectivity index (χ3n) is 5.16. The molecule has 0 aliphatic heterocycles. The number of nitrogen functional groups attached to an aromatic ring is 1. The minimum atomic E-state index is 0.477. The van der Waals surface area contributed by atoms with Crippen LogP contribution >= 0.6 is 0 Å². The van der Waals surface area contributed by atoms with E-state index in [-0.39, 0.29) is 0 Å². The highest BCUT2D eigenvalue weighted by Crippen LogP contribution is 2.12. The predicted octanol–water partition coefficient (Wildman–Crippen LogP) is 1.46. The summed E-state index contributed by atoms with van der Waals surface area (Å²) in [5.41, 5.74) is 6.35. The number of nitrogens with two attached hydrogens (primary N) is 1. The standard InChI is InChI=1S/C29H53NO12/c1-31-6-7-32-8-9-33-10-11-34-12-13-35-14-15-36-16-17-37-18-19-38-20-21-39-22-23-40-24-25-41-26-27-42-29-4-2-28(30)3-5-29/h2-5H,6-27,30H2,1H3. The summed E-state index contributed by atoms with van der Waals surface area (Å²) < 4.78 is 64.8. The van der Waals surface area contributed by atoms with Crippen LogP contribution in [-0.4, -0.2) is 152 Å². The molecule has 0 radical (unpaired) electrons. The molecule has 0 amide bonds. The summed E-state index contributed by atoms with van der Waals surface area (Å²) in [5, 5.41) is 0. The lowest BCUT2D eigenvalue weighted by atomic mass is 10.3. The summed E-state index contributed by atoms with van der Waals surface area (Å²) in [6.07, 6.45) is 0. The Bertz CT molecular complexity index is 656. The molecule has 0 bridgehead atoms. The third-order valence-corrected chi connectivity index (χ3v) is 5.16. The van der Waals surface area contributed by atoms with Gasteiger partial charge in [-0.05, 0) is 24.3 Å². The van der Waals surface area contributed by atoms with E-state index in [4.69, 9.17) is 62.6 Å². The monoisotopic (exact) mass is 607 g/mol. The van der Waals surface area contributed by atoms with E-state index in [2.05, 4.69) is 0 Å². The Morgan fingerprint density at radius 2 is 0.595 bits per heavy atom. The van der Waals surface area contributed by atoms with E-state index in [9.17, 15) is 0 Å². The molecule has 0 spiro atoms. The molecule has 13 heteroatoms. The van der Waals surface area contributed by atoms with Crippen molar-refractivity contribution in [3.63, 3.8) is 0 Å². The molecule has 1 aromatic carbocycles. The molecule has 246 valence electrons. The lowest BCUT2D eigenvalue weighted by molar-refractivity contribution is -0.0273. The van der Waals surface area contributed by atoms with Crippen molar-refractivity contribution in [3.8, 4) is 5.75 Å². The zero-order valence-corrected chi connectivity index (χ0v) is 25.3. The van der Waals surface area contributed by atoms with Gasteiger partial charge in [-0.2, -0.15) is 0 Å². The van der Waals surface area contributed by atoms with Crippen molar-refractivity contribution in [3.05, 3.63) is 24.3 Å².